The predicted octanol–water partition coefficient (Wildman–Crippen LogP) is 11.3. The second-order valence-corrected chi connectivity index (χ2v) is 16.0. The molecule has 0 fully saturated rings. The normalized spacial score (nSPS) is 15.2. The summed E-state index contributed by atoms with van der Waals surface area (Å²) in [6.07, 6.45) is -0.152. The molecule has 2 aliphatic heterocycles. The van der Waals surface area contributed by atoms with Gasteiger partial charge in [-0.25, -0.2) is 0 Å². The van der Waals surface area contributed by atoms with Crippen LogP contribution in [0.1, 0.15) is 60.1 Å². The predicted molar refractivity (Wildman–Crippen MR) is 213 cm³/mol. The molecule has 1 N–H and O–H groups in total. The van der Waals surface area contributed by atoms with Crippen LogP contribution in [-0.4, -0.2) is 31.8 Å². The van der Waals surface area contributed by atoms with Crippen LogP contribution in [0.25, 0.3) is 44.5 Å². The van der Waals surface area contributed by atoms with Crippen molar-refractivity contribution < 1.29 is 19.5 Å². The number of carboxylic acid groups (broad SMARTS) is 1. The number of aliphatic carboxylic acids is 1. The Kier molecular flexibility index (Phi) is 9.34. The minimum absolute atomic E-state index is 0.0400. The smallest absolute Gasteiger partial charge is 0.309 e. The molecule has 0 atom stereocenters. The fraction of sp³-hybridized carbons (Fsp3) is 0.222. The summed E-state index contributed by atoms with van der Waals surface area (Å²) in [7, 11) is 0. The largest absolute Gasteiger partial charge is 0.481 e. The number of aromatic nitrogens is 2. The average Bonchev–Trinajstić information content (AvgIpc) is 3.75. The van der Waals surface area contributed by atoms with Gasteiger partial charge in [0.25, 0.3) is 0 Å². The first kappa shape index (κ1) is 36.2. The van der Waals surface area contributed by atoms with Gasteiger partial charge in [0.15, 0.2) is 11.6 Å². The number of Topliss-reactive ketones (excluding diaryl/α,β-unsaturated/α-hetero) is 2. The fourth-order valence-corrected chi connectivity index (χ4v) is 8.07. The van der Waals surface area contributed by atoms with Gasteiger partial charge >= 0.3 is 5.97 Å². The number of nitrogens with zero attached hydrogens (tertiary/aromatic N) is 2. The molecule has 4 aromatic carbocycles. The molecule has 6 nitrogen and oxygen atoms in total. The SMILES string of the molecule is CC1(C)Cn2c(CC(=O)O)c(-c3ccc(Cl)cc3)c(-c3ccccc3)c2C1=O.Cc1c(-c2ccc(Cl)cc2)c(-c2ccccc2)c2n1CC(C)(C)C2=O. The van der Waals surface area contributed by atoms with E-state index in [0.717, 1.165) is 62.4 Å². The Balaban J connectivity index is 0.000000165. The molecule has 53 heavy (non-hydrogen) atoms. The van der Waals surface area contributed by atoms with E-state index in [0.29, 0.717) is 28.0 Å². The zero-order chi connectivity index (χ0) is 37.8. The lowest BCUT2D eigenvalue weighted by Crippen LogP contribution is -2.21. The molecule has 268 valence electrons. The lowest BCUT2D eigenvalue weighted by molar-refractivity contribution is -0.136. The summed E-state index contributed by atoms with van der Waals surface area (Å²) in [6.45, 7) is 11.2. The van der Waals surface area contributed by atoms with Gasteiger partial charge in [0.05, 0.1) is 17.8 Å². The maximum atomic E-state index is 13.3. The van der Waals surface area contributed by atoms with Crippen molar-refractivity contribution >= 4 is 40.7 Å². The van der Waals surface area contributed by atoms with Gasteiger partial charge in [-0.05, 0) is 53.4 Å². The number of benzene rings is 4. The molecule has 0 amide bonds. The van der Waals surface area contributed by atoms with Crippen LogP contribution in [0.15, 0.2) is 109 Å². The number of carboxylic acids is 1. The van der Waals surface area contributed by atoms with Crippen LogP contribution in [0, 0.1) is 17.8 Å². The molecular formula is C45H40Cl2N2O4. The Hall–Kier alpha value is -5.17. The van der Waals surface area contributed by atoms with Gasteiger partial charge in [-0.2, -0.15) is 0 Å². The van der Waals surface area contributed by atoms with Crippen molar-refractivity contribution in [3.05, 3.63) is 142 Å². The van der Waals surface area contributed by atoms with Gasteiger partial charge in [-0.1, -0.05) is 136 Å². The highest BCUT2D eigenvalue weighted by Gasteiger charge is 2.44. The third-order valence-corrected chi connectivity index (χ3v) is 10.9. The lowest BCUT2D eigenvalue weighted by Gasteiger charge is -2.17. The molecule has 6 aromatic rings. The molecule has 0 saturated carbocycles. The van der Waals surface area contributed by atoms with Crippen LogP contribution >= 0.6 is 23.2 Å². The maximum absolute atomic E-state index is 13.3. The molecule has 0 radical (unpaired) electrons. The van der Waals surface area contributed by atoms with E-state index in [4.69, 9.17) is 23.2 Å². The summed E-state index contributed by atoms with van der Waals surface area (Å²) in [5.74, 6) is -0.667. The van der Waals surface area contributed by atoms with Crippen LogP contribution < -0.4 is 0 Å². The third kappa shape index (κ3) is 6.45. The number of carbonyl (C=O) groups is 3. The van der Waals surface area contributed by atoms with E-state index in [1.54, 1.807) is 12.1 Å². The fourth-order valence-electron chi connectivity index (χ4n) is 7.82. The number of halogens is 2. The third-order valence-electron chi connectivity index (χ3n) is 10.4. The van der Waals surface area contributed by atoms with E-state index in [9.17, 15) is 19.5 Å². The van der Waals surface area contributed by atoms with Crippen molar-refractivity contribution in [3.63, 3.8) is 0 Å². The Morgan fingerprint density at radius 3 is 1.42 bits per heavy atom. The number of hydrogen-bond donors (Lipinski definition) is 1. The first-order chi connectivity index (χ1) is 25.2. The van der Waals surface area contributed by atoms with E-state index in [1.807, 2.05) is 117 Å². The monoisotopic (exact) mass is 742 g/mol. The molecule has 2 aliphatic rings. The van der Waals surface area contributed by atoms with E-state index in [-0.39, 0.29) is 23.4 Å². The van der Waals surface area contributed by atoms with Crippen LogP contribution in [0.2, 0.25) is 10.0 Å². The molecule has 8 rings (SSSR count). The van der Waals surface area contributed by atoms with E-state index in [2.05, 4.69) is 23.6 Å². The topological polar surface area (TPSA) is 81.3 Å². The molecule has 2 aromatic heterocycles. The van der Waals surface area contributed by atoms with Crippen LogP contribution in [0.5, 0.6) is 0 Å². The Morgan fingerprint density at radius 1 is 0.585 bits per heavy atom. The average molecular weight is 744 g/mol. The van der Waals surface area contributed by atoms with Crippen molar-refractivity contribution in [1.82, 2.24) is 9.13 Å². The van der Waals surface area contributed by atoms with E-state index >= 15 is 0 Å². The van der Waals surface area contributed by atoms with Crippen molar-refractivity contribution in [3.8, 4) is 44.5 Å². The molecule has 4 heterocycles. The molecule has 0 unspecified atom stereocenters. The van der Waals surface area contributed by atoms with Crippen LogP contribution in [-0.2, 0) is 24.3 Å². The summed E-state index contributed by atoms with van der Waals surface area (Å²) < 4.78 is 4.09. The highest BCUT2D eigenvalue weighted by molar-refractivity contribution is 6.31. The zero-order valence-corrected chi connectivity index (χ0v) is 31.8. The highest BCUT2D eigenvalue weighted by Crippen LogP contribution is 2.48. The van der Waals surface area contributed by atoms with Crippen molar-refractivity contribution in [2.75, 3.05) is 0 Å². The van der Waals surface area contributed by atoms with Gasteiger partial charge in [0.2, 0.25) is 0 Å². The molecule has 0 saturated heterocycles. The number of ketones is 2. The number of hydrogen-bond acceptors (Lipinski definition) is 3. The van der Waals surface area contributed by atoms with Gasteiger partial charge in [-0.15, -0.1) is 0 Å². The highest BCUT2D eigenvalue weighted by atomic mass is 35.5. The molecule has 0 bridgehead atoms. The second-order valence-electron chi connectivity index (χ2n) is 15.1. The summed E-state index contributed by atoms with van der Waals surface area (Å²) in [5.41, 5.74) is 9.98. The van der Waals surface area contributed by atoms with E-state index in [1.165, 1.54) is 0 Å². The number of carbonyl (C=O) groups excluding carboxylic acids is 2. The van der Waals surface area contributed by atoms with Crippen molar-refractivity contribution in [2.24, 2.45) is 10.8 Å². The Labute approximate surface area is 319 Å². The van der Waals surface area contributed by atoms with Crippen LogP contribution in [0.3, 0.4) is 0 Å². The molecule has 0 aliphatic carbocycles. The molecular weight excluding hydrogens is 703 g/mol. The summed E-state index contributed by atoms with van der Waals surface area (Å²) in [4.78, 5) is 38.1. The standard InChI is InChI=1S/C23H20ClNO3.C22H20ClNO/c1-23(2)13-25-17(12-18(26)27)19(15-8-10-16(24)11-9-15)20(21(25)22(23)28)14-6-4-3-5-7-14;1-14-18(16-9-11-17(23)12-10-16)19(15-7-5-4-6-8-15)20-21(25)22(2,3)13-24(14)20/h3-11H,12-13H2,1-2H3,(H,26,27);4-12H,13H2,1-3H3. The first-order valence-corrected chi connectivity index (χ1v) is 18.4. The minimum Gasteiger partial charge on any atom is -0.481 e. The zero-order valence-electron chi connectivity index (χ0n) is 30.3. The maximum Gasteiger partial charge on any atom is 0.309 e. The Bertz CT molecular complexity index is 2390. The quantitative estimate of drug-likeness (QED) is 0.184. The lowest BCUT2D eigenvalue weighted by atomic mass is 9.85. The van der Waals surface area contributed by atoms with Crippen molar-refractivity contribution in [2.45, 2.75) is 54.1 Å². The van der Waals surface area contributed by atoms with E-state index < -0.39 is 11.4 Å². The second kappa shape index (κ2) is 13.7. The van der Waals surface area contributed by atoms with Crippen LogP contribution in [0.4, 0.5) is 0 Å². The molecule has 0 spiro atoms. The van der Waals surface area contributed by atoms with Gasteiger partial charge in [-0.3, -0.25) is 14.4 Å². The summed E-state index contributed by atoms with van der Waals surface area (Å²) in [6, 6.07) is 35.1. The number of fused-ring (bicyclic) bond motifs is 2. The van der Waals surface area contributed by atoms with Gasteiger partial charge < -0.3 is 14.2 Å². The first-order valence-electron chi connectivity index (χ1n) is 17.6. The molecule has 8 heteroatoms. The van der Waals surface area contributed by atoms with Crippen molar-refractivity contribution in [1.29, 1.82) is 0 Å². The number of rotatable bonds is 6. The summed E-state index contributed by atoms with van der Waals surface area (Å²) in [5, 5.41) is 10.9. The minimum atomic E-state index is -0.924. The van der Waals surface area contributed by atoms with Gasteiger partial charge in [0.1, 0.15) is 0 Å². The summed E-state index contributed by atoms with van der Waals surface area (Å²) >= 11 is 12.1. The van der Waals surface area contributed by atoms with Gasteiger partial charge in [0, 0.05) is 67.6 Å². The Morgan fingerprint density at radius 2 is 0.962 bits per heavy atom.